The number of urea groups is 1. The van der Waals surface area contributed by atoms with E-state index in [-0.39, 0.29) is 18.6 Å². The maximum atomic E-state index is 12.2. The Morgan fingerprint density at radius 3 is 2.28 bits per heavy atom. The molecular formula is C24H24ClN3O4. The van der Waals surface area contributed by atoms with Gasteiger partial charge in [-0.3, -0.25) is 4.79 Å². The molecule has 0 unspecified atom stereocenters. The number of nitrogens with one attached hydrogen (secondary N) is 2. The molecule has 0 atom stereocenters. The molecule has 0 radical (unpaired) electrons. The second-order valence-corrected chi connectivity index (χ2v) is 8.09. The van der Waals surface area contributed by atoms with Crippen LogP contribution in [0.5, 0.6) is 5.88 Å². The number of pyridine rings is 1. The Bertz CT molecular complexity index is 1080. The third-order valence-electron chi connectivity index (χ3n) is 4.65. The summed E-state index contributed by atoms with van der Waals surface area (Å²) in [6.07, 6.45) is 1.69. The molecule has 32 heavy (non-hydrogen) atoms. The largest absolute Gasteiger partial charge is 0.476 e. The number of anilines is 2. The number of hydrogen-bond acceptors (Lipinski definition) is 5. The minimum atomic E-state index is -0.768. The summed E-state index contributed by atoms with van der Waals surface area (Å²) in [4.78, 5) is 28.2. The van der Waals surface area contributed by atoms with Crippen molar-refractivity contribution in [2.75, 3.05) is 24.4 Å². The lowest BCUT2D eigenvalue weighted by molar-refractivity contribution is -0.152. The van der Waals surface area contributed by atoms with E-state index in [4.69, 9.17) is 21.1 Å². The quantitative estimate of drug-likeness (QED) is 0.453. The van der Waals surface area contributed by atoms with Gasteiger partial charge in [0.2, 0.25) is 5.88 Å². The number of hydrogen-bond donors (Lipinski definition) is 2. The van der Waals surface area contributed by atoms with Gasteiger partial charge in [-0.1, -0.05) is 35.9 Å². The van der Waals surface area contributed by atoms with E-state index in [0.29, 0.717) is 22.3 Å². The normalized spacial score (nSPS) is 10.9. The number of halogens is 1. The standard InChI is InChI=1S/C24H24ClN3O4/c1-24(2,22(29)31-3)15-32-21-13-10-17(14-26-21)16-8-11-18(12-9-16)27-23(30)28-20-7-5-4-6-19(20)25/h4-14H,15H2,1-3H3,(H2,27,28,30). The molecule has 2 aromatic carbocycles. The SMILES string of the molecule is COC(=O)C(C)(C)COc1ccc(-c2ccc(NC(=O)Nc3ccccc3Cl)cc2)cn1. The van der Waals surface area contributed by atoms with E-state index >= 15 is 0 Å². The van der Waals surface area contributed by atoms with Crippen molar-refractivity contribution in [2.45, 2.75) is 13.8 Å². The topological polar surface area (TPSA) is 89.5 Å². The van der Waals surface area contributed by atoms with Crippen LogP contribution in [0, 0.1) is 5.41 Å². The Kier molecular flexibility index (Phi) is 7.33. The second-order valence-electron chi connectivity index (χ2n) is 7.69. The lowest BCUT2D eigenvalue weighted by Gasteiger charge is -2.21. The first kappa shape index (κ1) is 23.1. The number of ether oxygens (including phenoxy) is 2. The molecule has 2 N–H and O–H groups in total. The van der Waals surface area contributed by atoms with Gasteiger partial charge in [-0.2, -0.15) is 0 Å². The number of carbonyl (C=O) groups is 2. The zero-order valence-corrected chi connectivity index (χ0v) is 18.8. The smallest absolute Gasteiger partial charge is 0.323 e. The average molecular weight is 454 g/mol. The van der Waals surface area contributed by atoms with Crippen LogP contribution in [-0.4, -0.2) is 30.7 Å². The van der Waals surface area contributed by atoms with Crippen LogP contribution in [0.4, 0.5) is 16.2 Å². The van der Waals surface area contributed by atoms with Crippen LogP contribution in [-0.2, 0) is 9.53 Å². The van der Waals surface area contributed by atoms with Crippen molar-refractivity contribution < 1.29 is 19.1 Å². The third-order valence-corrected chi connectivity index (χ3v) is 4.98. The zero-order chi connectivity index (χ0) is 23.1. The van der Waals surface area contributed by atoms with E-state index in [2.05, 4.69) is 15.6 Å². The fourth-order valence-corrected chi connectivity index (χ4v) is 3.00. The van der Waals surface area contributed by atoms with Crippen molar-refractivity contribution in [3.8, 4) is 17.0 Å². The fourth-order valence-electron chi connectivity index (χ4n) is 2.82. The molecule has 1 aromatic heterocycles. The maximum Gasteiger partial charge on any atom is 0.323 e. The van der Waals surface area contributed by atoms with Crippen LogP contribution in [0.15, 0.2) is 66.9 Å². The summed E-state index contributed by atoms with van der Waals surface area (Å²) < 4.78 is 10.4. The van der Waals surface area contributed by atoms with Gasteiger partial charge >= 0.3 is 12.0 Å². The molecule has 8 heteroatoms. The number of benzene rings is 2. The molecule has 0 aliphatic heterocycles. The van der Waals surface area contributed by atoms with Crippen LogP contribution < -0.4 is 15.4 Å². The summed E-state index contributed by atoms with van der Waals surface area (Å²) in [5.41, 5.74) is 2.21. The number of esters is 1. The number of amides is 2. The summed E-state index contributed by atoms with van der Waals surface area (Å²) in [6, 6.07) is 17.6. The molecular weight excluding hydrogens is 430 g/mol. The summed E-state index contributed by atoms with van der Waals surface area (Å²) in [6.45, 7) is 3.65. The van der Waals surface area contributed by atoms with Crippen LogP contribution in [0.2, 0.25) is 5.02 Å². The van der Waals surface area contributed by atoms with Crippen molar-refractivity contribution in [3.63, 3.8) is 0 Å². The minimum Gasteiger partial charge on any atom is -0.476 e. The summed E-state index contributed by atoms with van der Waals surface area (Å²) in [7, 11) is 1.35. The Balaban J connectivity index is 1.58. The minimum absolute atomic E-state index is 0.155. The Morgan fingerprint density at radius 2 is 1.66 bits per heavy atom. The molecule has 0 saturated heterocycles. The van der Waals surface area contributed by atoms with Gasteiger partial charge in [-0.15, -0.1) is 0 Å². The van der Waals surface area contributed by atoms with Crippen LogP contribution in [0.25, 0.3) is 11.1 Å². The van der Waals surface area contributed by atoms with Crippen LogP contribution in [0.3, 0.4) is 0 Å². The molecule has 166 valence electrons. The molecule has 0 fully saturated rings. The summed E-state index contributed by atoms with van der Waals surface area (Å²) >= 11 is 6.06. The van der Waals surface area contributed by atoms with Gasteiger partial charge in [-0.25, -0.2) is 9.78 Å². The Labute approximate surface area is 191 Å². The van der Waals surface area contributed by atoms with E-state index in [1.54, 1.807) is 62.5 Å². The molecule has 2 amide bonds. The van der Waals surface area contributed by atoms with E-state index in [1.165, 1.54) is 7.11 Å². The molecule has 0 spiro atoms. The van der Waals surface area contributed by atoms with Gasteiger partial charge in [0, 0.05) is 23.5 Å². The van der Waals surface area contributed by atoms with Gasteiger partial charge in [0.05, 0.1) is 23.2 Å². The van der Waals surface area contributed by atoms with E-state index in [1.807, 2.05) is 18.2 Å². The number of nitrogens with zero attached hydrogens (tertiary/aromatic N) is 1. The van der Waals surface area contributed by atoms with Crippen LogP contribution in [0.1, 0.15) is 13.8 Å². The number of rotatable bonds is 7. The van der Waals surface area contributed by atoms with Crippen molar-refractivity contribution in [1.29, 1.82) is 0 Å². The molecule has 0 bridgehead atoms. The van der Waals surface area contributed by atoms with Gasteiger partial charge in [0.1, 0.15) is 6.61 Å². The predicted octanol–water partition coefficient (Wildman–Crippen LogP) is 5.62. The zero-order valence-electron chi connectivity index (χ0n) is 18.0. The monoisotopic (exact) mass is 453 g/mol. The van der Waals surface area contributed by atoms with Crippen molar-refractivity contribution in [3.05, 3.63) is 71.9 Å². The maximum absolute atomic E-state index is 12.2. The lowest BCUT2D eigenvalue weighted by Crippen LogP contribution is -2.32. The average Bonchev–Trinajstić information content (AvgIpc) is 2.79. The summed E-state index contributed by atoms with van der Waals surface area (Å²) in [5.74, 6) is 0.0728. The number of para-hydroxylation sites is 1. The van der Waals surface area contributed by atoms with Crippen molar-refractivity contribution in [1.82, 2.24) is 4.98 Å². The second kappa shape index (κ2) is 10.2. The van der Waals surface area contributed by atoms with Gasteiger partial charge in [-0.05, 0) is 49.7 Å². The van der Waals surface area contributed by atoms with Gasteiger partial charge in [0.25, 0.3) is 0 Å². The molecule has 0 saturated carbocycles. The first-order chi connectivity index (χ1) is 15.3. The first-order valence-electron chi connectivity index (χ1n) is 9.89. The highest BCUT2D eigenvalue weighted by molar-refractivity contribution is 6.33. The van der Waals surface area contributed by atoms with E-state index in [0.717, 1.165) is 11.1 Å². The van der Waals surface area contributed by atoms with E-state index < -0.39 is 5.41 Å². The highest BCUT2D eigenvalue weighted by Crippen LogP contribution is 2.25. The molecule has 0 aliphatic rings. The molecule has 0 aliphatic carbocycles. The van der Waals surface area contributed by atoms with Gasteiger partial charge < -0.3 is 20.1 Å². The highest BCUT2D eigenvalue weighted by atomic mass is 35.5. The number of carbonyl (C=O) groups excluding carboxylic acids is 2. The molecule has 3 aromatic rings. The van der Waals surface area contributed by atoms with Crippen LogP contribution >= 0.6 is 11.6 Å². The number of methoxy groups -OCH3 is 1. The first-order valence-corrected chi connectivity index (χ1v) is 10.3. The van der Waals surface area contributed by atoms with E-state index in [9.17, 15) is 9.59 Å². The molecule has 7 nitrogen and oxygen atoms in total. The van der Waals surface area contributed by atoms with Gasteiger partial charge in [0.15, 0.2) is 0 Å². The highest BCUT2D eigenvalue weighted by Gasteiger charge is 2.29. The number of aromatic nitrogens is 1. The predicted molar refractivity (Wildman–Crippen MR) is 125 cm³/mol. The lowest BCUT2D eigenvalue weighted by atomic mass is 9.95. The molecule has 3 rings (SSSR count). The third kappa shape index (κ3) is 5.98. The fraction of sp³-hybridized carbons (Fsp3) is 0.208. The van der Waals surface area contributed by atoms with Crippen molar-refractivity contribution >= 4 is 35.0 Å². The molecule has 1 heterocycles. The van der Waals surface area contributed by atoms with Crippen molar-refractivity contribution in [2.24, 2.45) is 5.41 Å². The summed E-state index contributed by atoms with van der Waals surface area (Å²) in [5, 5.41) is 5.94. The Morgan fingerprint density at radius 1 is 0.969 bits per heavy atom. The Hall–Kier alpha value is -3.58.